The minimum atomic E-state index is -3.43. The molecule has 0 unspecified atom stereocenters. The molecule has 0 heterocycles. The van der Waals surface area contributed by atoms with Crippen LogP contribution in [0.5, 0.6) is 0 Å². The molecule has 0 aliphatic rings. The fraction of sp³-hybridized carbons (Fsp3) is 0.455. The Labute approximate surface area is 111 Å². The van der Waals surface area contributed by atoms with Crippen molar-refractivity contribution >= 4 is 31.6 Å². The molecule has 1 aromatic carbocycles. The minimum absolute atomic E-state index is 0.224. The molecule has 0 amide bonds. The second kappa shape index (κ2) is 5.84. The molecule has 3 N–H and O–H groups in total. The van der Waals surface area contributed by atoms with Crippen molar-refractivity contribution in [3.8, 4) is 0 Å². The van der Waals surface area contributed by atoms with E-state index in [0.717, 1.165) is 6.42 Å². The van der Waals surface area contributed by atoms with Crippen molar-refractivity contribution in [2.45, 2.75) is 25.2 Å². The monoisotopic (exact) mass is 320 g/mol. The normalized spacial score (nSPS) is 12.0. The number of nitrogen functional groups attached to an aromatic ring is 1. The molecule has 1 rings (SSSR count). The topological polar surface area (TPSA) is 72.2 Å². The Morgan fingerprint density at radius 2 is 2.06 bits per heavy atom. The van der Waals surface area contributed by atoms with Crippen molar-refractivity contribution in [1.29, 1.82) is 0 Å². The van der Waals surface area contributed by atoms with Gasteiger partial charge >= 0.3 is 0 Å². The van der Waals surface area contributed by atoms with Crippen molar-refractivity contribution in [2.75, 3.05) is 12.3 Å². The standard InChI is InChI=1S/C11H17BrN2O2S/c1-8(2)5-6-14-17(15,16)9-3-4-11(13)10(12)7-9/h3-4,7-8,14H,5-6,13H2,1-2H3. The first-order chi connectivity index (χ1) is 7.83. The van der Waals surface area contributed by atoms with Crippen LogP contribution >= 0.6 is 15.9 Å². The summed E-state index contributed by atoms with van der Waals surface area (Å²) in [7, 11) is -3.43. The molecule has 0 aromatic heterocycles. The molecule has 0 aliphatic heterocycles. The van der Waals surface area contributed by atoms with E-state index < -0.39 is 10.0 Å². The number of halogens is 1. The molecule has 0 bridgehead atoms. The van der Waals surface area contributed by atoms with Gasteiger partial charge in [-0.1, -0.05) is 13.8 Å². The first kappa shape index (κ1) is 14.5. The van der Waals surface area contributed by atoms with Gasteiger partial charge in [0, 0.05) is 16.7 Å². The van der Waals surface area contributed by atoms with Crippen LogP contribution in [0.3, 0.4) is 0 Å². The molecule has 0 spiro atoms. The second-order valence-corrected chi connectivity index (χ2v) is 6.88. The van der Waals surface area contributed by atoms with E-state index in [2.05, 4.69) is 20.7 Å². The number of hydrogen-bond acceptors (Lipinski definition) is 3. The number of rotatable bonds is 5. The lowest BCUT2D eigenvalue weighted by atomic mass is 10.1. The van der Waals surface area contributed by atoms with Crippen LogP contribution in [0.1, 0.15) is 20.3 Å². The highest BCUT2D eigenvalue weighted by molar-refractivity contribution is 9.10. The number of benzene rings is 1. The van der Waals surface area contributed by atoms with Gasteiger partial charge in [0.25, 0.3) is 0 Å². The van der Waals surface area contributed by atoms with Gasteiger partial charge in [-0.25, -0.2) is 13.1 Å². The largest absolute Gasteiger partial charge is 0.398 e. The maximum Gasteiger partial charge on any atom is 0.240 e. The number of nitrogens with one attached hydrogen (secondary N) is 1. The van der Waals surface area contributed by atoms with E-state index >= 15 is 0 Å². The van der Waals surface area contributed by atoms with Crippen LogP contribution in [-0.2, 0) is 10.0 Å². The van der Waals surface area contributed by atoms with Crippen molar-refractivity contribution in [1.82, 2.24) is 4.72 Å². The summed E-state index contributed by atoms with van der Waals surface area (Å²) in [5, 5.41) is 0. The molecule has 0 fully saturated rings. The maximum atomic E-state index is 11.9. The summed E-state index contributed by atoms with van der Waals surface area (Å²) in [6.45, 7) is 4.55. The van der Waals surface area contributed by atoms with Crippen molar-refractivity contribution < 1.29 is 8.42 Å². The maximum absolute atomic E-state index is 11.9. The van der Waals surface area contributed by atoms with Crippen molar-refractivity contribution in [3.05, 3.63) is 22.7 Å². The van der Waals surface area contributed by atoms with E-state index in [1.165, 1.54) is 12.1 Å². The highest BCUT2D eigenvalue weighted by atomic mass is 79.9. The van der Waals surface area contributed by atoms with Gasteiger partial charge in [0.15, 0.2) is 0 Å². The van der Waals surface area contributed by atoms with E-state index in [9.17, 15) is 8.42 Å². The van der Waals surface area contributed by atoms with Crippen LogP contribution in [0, 0.1) is 5.92 Å². The summed E-state index contributed by atoms with van der Waals surface area (Å²) in [4.78, 5) is 0.224. The van der Waals surface area contributed by atoms with Crippen molar-refractivity contribution in [2.24, 2.45) is 5.92 Å². The van der Waals surface area contributed by atoms with E-state index in [1.807, 2.05) is 13.8 Å². The van der Waals surface area contributed by atoms with Gasteiger partial charge in [-0.15, -0.1) is 0 Å². The molecule has 0 radical (unpaired) electrons. The predicted molar refractivity (Wildman–Crippen MR) is 73.2 cm³/mol. The highest BCUT2D eigenvalue weighted by Gasteiger charge is 2.14. The predicted octanol–water partition coefficient (Wildman–Crippen LogP) is 2.36. The molecule has 0 saturated carbocycles. The van der Waals surface area contributed by atoms with Crippen LogP contribution in [0.15, 0.2) is 27.6 Å². The van der Waals surface area contributed by atoms with Crippen LogP contribution in [0.25, 0.3) is 0 Å². The molecule has 17 heavy (non-hydrogen) atoms. The van der Waals surface area contributed by atoms with E-state index in [1.54, 1.807) is 6.07 Å². The molecule has 0 aliphatic carbocycles. The lowest BCUT2D eigenvalue weighted by molar-refractivity contribution is 0.551. The lowest BCUT2D eigenvalue weighted by Crippen LogP contribution is -2.25. The molecule has 4 nitrogen and oxygen atoms in total. The minimum Gasteiger partial charge on any atom is -0.398 e. The third kappa shape index (κ3) is 4.29. The van der Waals surface area contributed by atoms with Gasteiger partial charge in [0.1, 0.15) is 0 Å². The zero-order valence-electron chi connectivity index (χ0n) is 9.90. The average Bonchev–Trinajstić information content (AvgIpc) is 2.21. The van der Waals surface area contributed by atoms with E-state index in [-0.39, 0.29) is 4.90 Å². The Bertz CT molecular complexity index is 486. The first-order valence-corrected chi connectivity index (χ1v) is 7.65. The number of nitrogens with two attached hydrogens (primary N) is 1. The van der Waals surface area contributed by atoms with Crippen LogP contribution in [-0.4, -0.2) is 15.0 Å². The van der Waals surface area contributed by atoms with E-state index in [0.29, 0.717) is 22.6 Å². The third-order valence-corrected chi connectivity index (χ3v) is 4.44. The Morgan fingerprint density at radius 1 is 1.41 bits per heavy atom. The van der Waals surface area contributed by atoms with Gasteiger partial charge in [-0.3, -0.25) is 0 Å². The van der Waals surface area contributed by atoms with Gasteiger partial charge in [-0.05, 0) is 46.5 Å². The Kier molecular flexibility index (Phi) is 4.97. The Morgan fingerprint density at radius 3 is 2.59 bits per heavy atom. The van der Waals surface area contributed by atoms with Gasteiger partial charge in [0.05, 0.1) is 4.90 Å². The van der Waals surface area contributed by atoms with Crippen LogP contribution < -0.4 is 10.5 Å². The van der Waals surface area contributed by atoms with E-state index in [4.69, 9.17) is 5.73 Å². The summed E-state index contributed by atoms with van der Waals surface area (Å²) >= 11 is 3.21. The summed E-state index contributed by atoms with van der Waals surface area (Å²) in [5.41, 5.74) is 6.13. The van der Waals surface area contributed by atoms with Crippen molar-refractivity contribution in [3.63, 3.8) is 0 Å². The number of hydrogen-bond donors (Lipinski definition) is 2. The smallest absolute Gasteiger partial charge is 0.240 e. The molecular formula is C11H17BrN2O2S. The van der Waals surface area contributed by atoms with Crippen LogP contribution in [0.4, 0.5) is 5.69 Å². The Balaban J connectivity index is 2.79. The fourth-order valence-electron chi connectivity index (χ4n) is 1.24. The SMILES string of the molecule is CC(C)CCNS(=O)(=O)c1ccc(N)c(Br)c1. The third-order valence-electron chi connectivity index (χ3n) is 2.30. The van der Waals surface area contributed by atoms with Gasteiger partial charge < -0.3 is 5.73 Å². The zero-order valence-corrected chi connectivity index (χ0v) is 12.3. The van der Waals surface area contributed by atoms with Gasteiger partial charge in [0.2, 0.25) is 10.0 Å². The first-order valence-electron chi connectivity index (χ1n) is 5.37. The summed E-state index contributed by atoms with van der Waals surface area (Å²) in [6, 6.07) is 4.58. The summed E-state index contributed by atoms with van der Waals surface area (Å²) < 4.78 is 27.0. The average molecular weight is 321 g/mol. The van der Waals surface area contributed by atoms with Gasteiger partial charge in [-0.2, -0.15) is 0 Å². The Hall–Kier alpha value is -0.590. The molecule has 0 saturated heterocycles. The molecule has 0 atom stereocenters. The summed E-state index contributed by atoms with van der Waals surface area (Å²) in [6.07, 6.45) is 0.815. The molecule has 6 heteroatoms. The molecular weight excluding hydrogens is 304 g/mol. The highest BCUT2D eigenvalue weighted by Crippen LogP contribution is 2.22. The number of anilines is 1. The van der Waals surface area contributed by atoms with Crippen LogP contribution in [0.2, 0.25) is 0 Å². The molecule has 1 aromatic rings. The lowest BCUT2D eigenvalue weighted by Gasteiger charge is -2.09. The quantitative estimate of drug-likeness (QED) is 0.818. The second-order valence-electron chi connectivity index (χ2n) is 4.26. The zero-order chi connectivity index (χ0) is 13.1. The number of sulfonamides is 1. The molecule has 96 valence electrons. The summed E-state index contributed by atoms with van der Waals surface area (Å²) in [5.74, 6) is 0.468. The fourth-order valence-corrected chi connectivity index (χ4v) is 2.84.